The number of para-hydroxylation sites is 2. The Labute approximate surface area is 177 Å². The molecule has 0 spiro atoms. The predicted molar refractivity (Wildman–Crippen MR) is 115 cm³/mol. The number of amides is 2. The third-order valence-corrected chi connectivity index (χ3v) is 5.80. The van der Waals surface area contributed by atoms with Crippen LogP contribution in [0.15, 0.2) is 48.5 Å². The molecule has 0 bridgehead atoms. The largest absolute Gasteiger partial charge is 0.494 e. The topological polar surface area (TPSA) is 67.9 Å². The number of anilines is 1. The molecular weight excluding hydrogens is 380 g/mol. The highest BCUT2D eigenvalue weighted by Gasteiger charge is 2.38. The van der Waals surface area contributed by atoms with E-state index in [0.717, 1.165) is 18.6 Å². The average molecular weight is 408 g/mol. The van der Waals surface area contributed by atoms with Gasteiger partial charge in [-0.1, -0.05) is 25.0 Å². The summed E-state index contributed by atoms with van der Waals surface area (Å²) in [7, 11) is 0. The molecule has 0 radical (unpaired) electrons. The van der Waals surface area contributed by atoms with E-state index in [1.165, 1.54) is 12.8 Å². The lowest BCUT2D eigenvalue weighted by Gasteiger charge is -2.24. The second-order valence-electron chi connectivity index (χ2n) is 7.88. The summed E-state index contributed by atoms with van der Waals surface area (Å²) in [6.45, 7) is 3.06. The second-order valence-corrected chi connectivity index (χ2v) is 7.88. The first-order valence-corrected chi connectivity index (χ1v) is 10.7. The van der Waals surface area contributed by atoms with Gasteiger partial charge in [0, 0.05) is 19.0 Å². The van der Waals surface area contributed by atoms with Crippen LogP contribution in [-0.4, -0.2) is 35.9 Å². The van der Waals surface area contributed by atoms with Gasteiger partial charge in [0.2, 0.25) is 11.8 Å². The zero-order chi connectivity index (χ0) is 20.9. The molecule has 1 unspecified atom stereocenters. The summed E-state index contributed by atoms with van der Waals surface area (Å²) in [4.78, 5) is 27.2. The molecule has 1 saturated heterocycles. The molecule has 1 saturated carbocycles. The molecule has 1 atom stereocenters. The molecular formula is C24H28N2O4. The van der Waals surface area contributed by atoms with Crippen molar-refractivity contribution in [2.24, 2.45) is 5.92 Å². The summed E-state index contributed by atoms with van der Waals surface area (Å²) in [6.07, 6.45) is 4.73. The Kier molecular flexibility index (Phi) is 6.21. The number of rotatable bonds is 7. The van der Waals surface area contributed by atoms with Gasteiger partial charge in [0.25, 0.3) is 0 Å². The Bertz CT molecular complexity index is 890. The van der Waals surface area contributed by atoms with Crippen LogP contribution in [0.2, 0.25) is 0 Å². The van der Waals surface area contributed by atoms with Crippen LogP contribution in [0.3, 0.4) is 0 Å². The summed E-state index contributed by atoms with van der Waals surface area (Å²) >= 11 is 0. The van der Waals surface area contributed by atoms with Crippen LogP contribution in [0.1, 0.15) is 39.0 Å². The zero-order valence-corrected chi connectivity index (χ0v) is 17.3. The molecule has 1 aliphatic heterocycles. The number of carbonyl (C=O) groups is 2. The van der Waals surface area contributed by atoms with Gasteiger partial charge >= 0.3 is 0 Å². The standard InChI is InChI=1S/C24H28N2O4/c1-2-29-19-11-13-20(14-12-19)30-22-10-6-5-9-21(22)25-24(28)17-15-23(27)26(16-17)18-7-3-4-8-18/h5-6,9-14,17-18H,2-4,7-8,15-16H2,1H3,(H,25,28). The van der Waals surface area contributed by atoms with E-state index in [9.17, 15) is 9.59 Å². The lowest BCUT2D eigenvalue weighted by Crippen LogP contribution is -2.35. The Morgan fingerprint density at radius 1 is 1.07 bits per heavy atom. The van der Waals surface area contributed by atoms with Crippen molar-refractivity contribution in [3.05, 3.63) is 48.5 Å². The summed E-state index contributed by atoms with van der Waals surface area (Å²) in [5, 5.41) is 2.97. The predicted octanol–water partition coefficient (Wildman–Crippen LogP) is 4.61. The highest BCUT2D eigenvalue weighted by atomic mass is 16.5. The normalized spacial score (nSPS) is 19.2. The van der Waals surface area contributed by atoms with Crippen molar-refractivity contribution in [3.8, 4) is 17.2 Å². The van der Waals surface area contributed by atoms with Crippen LogP contribution in [0.4, 0.5) is 5.69 Å². The second kappa shape index (κ2) is 9.20. The van der Waals surface area contributed by atoms with E-state index in [-0.39, 0.29) is 24.2 Å². The average Bonchev–Trinajstić information content (AvgIpc) is 3.41. The number of ether oxygens (including phenoxy) is 2. The van der Waals surface area contributed by atoms with E-state index in [0.29, 0.717) is 36.4 Å². The highest BCUT2D eigenvalue weighted by molar-refractivity contribution is 5.98. The van der Waals surface area contributed by atoms with Crippen LogP contribution < -0.4 is 14.8 Å². The summed E-state index contributed by atoms with van der Waals surface area (Å²) in [6, 6.07) is 15.0. The van der Waals surface area contributed by atoms with Crippen molar-refractivity contribution in [1.82, 2.24) is 4.90 Å². The van der Waals surface area contributed by atoms with E-state index in [1.807, 2.05) is 60.4 Å². The molecule has 2 amide bonds. The van der Waals surface area contributed by atoms with E-state index in [1.54, 1.807) is 0 Å². The lowest BCUT2D eigenvalue weighted by molar-refractivity contribution is -0.129. The molecule has 158 valence electrons. The fourth-order valence-electron chi connectivity index (χ4n) is 4.27. The van der Waals surface area contributed by atoms with Gasteiger partial charge in [-0.25, -0.2) is 0 Å². The number of nitrogens with one attached hydrogen (secondary N) is 1. The Hall–Kier alpha value is -3.02. The Morgan fingerprint density at radius 2 is 1.77 bits per heavy atom. The first-order valence-electron chi connectivity index (χ1n) is 10.7. The van der Waals surface area contributed by atoms with Gasteiger partial charge in [-0.2, -0.15) is 0 Å². The molecule has 6 heteroatoms. The molecule has 2 aliphatic rings. The smallest absolute Gasteiger partial charge is 0.229 e. The minimum Gasteiger partial charge on any atom is -0.494 e. The van der Waals surface area contributed by atoms with Crippen molar-refractivity contribution in [1.29, 1.82) is 0 Å². The summed E-state index contributed by atoms with van der Waals surface area (Å²) in [5.41, 5.74) is 0.600. The fraction of sp³-hybridized carbons (Fsp3) is 0.417. The molecule has 2 aromatic carbocycles. The SMILES string of the molecule is CCOc1ccc(Oc2ccccc2NC(=O)C2CC(=O)N(C3CCCC3)C2)cc1. The first kappa shape index (κ1) is 20.3. The van der Waals surface area contributed by atoms with E-state index >= 15 is 0 Å². The zero-order valence-electron chi connectivity index (χ0n) is 17.3. The van der Waals surface area contributed by atoms with Crippen LogP contribution in [0, 0.1) is 5.92 Å². The van der Waals surface area contributed by atoms with Crippen molar-refractivity contribution >= 4 is 17.5 Å². The van der Waals surface area contributed by atoms with Crippen LogP contribution in [0.5, 0.6) is 17.2 Å². The van der Waals surface area contributed by atoms with Gasteiger partial charge in [0.05, 0.1) is 18.2 Å². The Balaban J connectivity index is 1.41. The maximum absolute atomic E-state index is 12.9. The summed E-state index contributed by atoms with van der Waals surface area (Å²) < 4.78 is 11.4. The molecule has 2 aromatic rings. The van der Waals surface area contributed by atoms with Crippen molar-refractivity contribution in [2.45, 2.75) is 45.1 Å². The van der Waals surface area contributed by atoms with Gasteiger partial charge in [0.15, 0.2) is 5.75 Å². The quantitative estimate of drug-likeness (QED) is 0.727. The maximum atomic E-state index is 12.9. The maximum Gasteiger partial charge on any atom is 0.229 e. The molecule has 1 heterocycles. The first-order chi connectivity index (χ1) is 14.6. The molecule has 6 nitrogen and oxygen atoms in total. The molecule has 4 rings (SSSR count). The number of carbonyl (C=O) groups excluding carboxylic acids is 2. The minimum absolute atomic E-state index is 0.0981. The third-order valence-electron chi connectivity index (χ3n) is 5.80. The molecule has 30 heavy (non-hydrogen) atoms. The number of likely N-dealkylation sites (tertiary alicyclic amines) is 1. The highest BCUT2D eigenvalue weighted by Crippen LogP contribution is 2.33. The van der Waals surface area contributed by atoms with Crippen LogP contribution in [-0.2, 0) is 9.59 Å². The van der Waals surface area contributed by atoms with Crippen molar-refractivity contribution in [2.75, 3.05) is 18.5 Å². The van der Waals surface area contributed by atoms with E-state index < -0.39 is 0 Å². The fourth-order valence-corrected chi connectivity index (χ4v) is 4.27. The van der Waals surface area contributed by atoms with Gasteiger partial charge in [-0.05, 0) is 56.2 Å². The van der Waals surface area contributed by atoms with Gasteiger partial charge in [-0.3, -0.25) is 9.59 Å². The number of hydrogen-bond acceptors (Lipinski definition) is 4. The van der Waals surface area contributed by atoms with Crippen molar-refractivity contribution in [3.63, 3.8) is 0 Å². The van der Waals surface area contributed by atoms with Gasteiger partial charge in [0.1, 0.15) is 11.5 Å². The van der Waals surface area contributed by atoms with Crippen molar-refractivity contribution < 1.29 is 19.1 Å². The van der Waals surface area contributed by atoms with Crippen LogP contribution >= 0.6 is 0 Å². The van der Waals surface area contributed by atoms with Gasteiger partial charge in [-0.15, -0.1) is 0 Å². The van der Waals surface area contributed by atoms with Gasteiger partial charge < -0.3 is 19.7 Å². The molecule has 1 N–H and O–H groups in total. The number of nitrogens with zero attached hydrogens (tertiary/aromatic N) is 1. The minimum atomic E-state index is -0.323. The molecule has 0 aromatic heterocycles. The third kappa shape index (κ3) is 4.58. The monoisotopic (exact) mass is 408 g/mol. The van der Waals surface area contributed by atoms with Crippen LogP contribution in [0.25, 0.3) is 0 Å². The lowest BCUT2D eigenvalue weighted by atomic mass is 10.1. The molecule has 2 fully saturated rings. The Morgan fingerprint density at radius 3 is 2.50 bits per heavy atom. The summed E-state index contributed by atoms with van der Waals surface area (Å²) in [5.74, 6) is 1.64. The van der Waals surface area contributed by atoms with E-state index in [2.05, 4.69) is 5.32 Å². The molecule has 1 aliphatic carbocycles. The number of benzene rings is 2. The number of hydrogen-bond donors (Lipinski definition) is 1. The van der Waals surface area contributed by atoms with E-state index in [4.69, 9.17) is 9.47 Å².